The third-order valence-electron chi connectivity index (χ3n) is 2.92. The van der Waals surface area contributed by atoms with E-state index in [0.29, 0.717) is 0 Å². The number of hydrogen-bond donors (Lipinski definition) is 5. The summed E-state index contributed by atoms with van der Waals surface area (Å²) in [6.07, 6.45) is -0.416. The van der Waals surface area contributed by atoms with Crippen LogP contribution in [0.2, 0.25) is 0 Å². The molecule has 0 heterocycles. The minimum absolute atomic E-state index is 0. The van der Waals surface area contributed by atoms with Crippen molar-refractivity contribution in [1.82, 2.24) is 0 Å². The van der Waals surface area contributed by atoms with Gasteiger partial charge in [0.25, 0.3) is 10.1 Å². The van der Waals surface area contributed by atoms with E-state index in [2.05, 4.69) is 0 Å². The third kappa shape index (κ3) is 4.98. The van der Waals surface area contributed by atoms with Crippen LogP contribution in [-0.4, -0.2) is 88.1 Å². The van der Waals surface area contributed by atoms with Crippen LogP contribution in [0.5, 0.6) is 0 Å². The van der Waals surface area contributed by atoms with Crippen molar-refractivity contribution in [2.24, 2.45) is 0 Å². The van der Waals surface area contributed by atoms with Gasteiger partial charge in [-0.3, -0.25) is 4.55 Å². The van der Waals surface area contributed by atoms with Crippen LogP contribution in [0.3, 0.4) is 0 Å². The van der Waals surface area contributed by atoms with Crippen LogP contribution in [0.1, 0.15) is 31.8 Å². The number of hydrogen-bond acceptors (Lipinski definition) is 6. The molecule has 0 atom stereocenters. The average molecular weight is 358 g/mol. The summed E-state index contributed by atoms with van der Waals surface area (Å²) in [6.45, 7) is -0.974. The quantitative estimate of drug-likeness (QED) is 0.295. The van der Waals surface area contributed by atoms with Gasteiger partial charge in [-0.2, -0.15) is 8.42 Å². The van der Waals surface area contributed by atoms with Gasteiger partial charge in [0.05, 0.1) is 11.1 Å². The molecule has 0 radical (unpaired) electrons. The number of aromatic carboxylic acids is 2. The molecule has 1 rings (SSSR count). The maximum atomic E-state index is 11.4. The first-order chi connectivity index (χ1) is 10.1. The van der Waals surface area contributed by atoms with E-state index >= 15 is 0 Å². The Morgan fingerprint density at radius 3 is 1.87 bits per heavy atom. The van der Waals surface area contributed by atoms with E-state index in [-0.39, 0.29) is 53.5 Å². The maximum absolute atomic E-state index is 11.4. The van der Waals surface area contributed by atoms with Crippen LogP contribution in [0.25, 0.3) is 0 Å². The zero-order valence-corrected chi connectivity index (χ0v) is 12.0. The van der Waals surface area contributed by atoms with Gasteiger partial charge >= 0.3 is 41.5 Å². The molecule has 0 saturated heterocycles. The van der Waals surface area contributed by atoms with Gasteiger partial charge in [-0.1, -0.05) is 0 Å². The third-order valence-corrected chi connectivity index (χ3v) is 3.86. The molecule has 0 fully saturated rings. The molecule has 124 valence electrons. The summed E-state index contributed by atoms with van der Waals surface area (Å²) in [5, 5.41) is 36.3. The molecule has 0 saturated carbocycles. The topological polar surface area (TPSA) is 169 Å². The molecule has 1 aromatic rings. The molecule has 0 unspecified atom stereocenters. The fourth-order valence-corrected chi connectivity index (χ4v) is 3.05. The fraction of sp³-hybridized carbons (Fsp3) is 0.333. The Kier molecular flexibility index (Phi) is 8.35. The van der Waals surface area contributed by atoms with E-state index < -0.39 is 51.3 Å². The molecule has 0 amide bonds. The standard InChI is InChI=1S/C12H14O9S.Na.H/c13-3-1-6-5-8(11(15)16)10(22(19,20)21)9(12(17)18)7(6)2-4-14;;/h5,13-14H,1-4H2,(H,15,16)(H,17,18)(H,19,20,21);;. The van der Waals surface area contributed by atoms with Crippen molar-refractivity contribution in [3.63, 3.8) is 0 Å². The first-order valence-electron chi connectivity index (χ1n) is 5.99. The van der Waals surface area contributed by atoms with Crippen LogP contribution in [-0.2, 0) is 23.0 Å². The minimum atomic E-state index is -5.13. The molecule has 1 aromatic carbocycles. The van der Waals surface area contributed by atoms with E-state index in [1.54, 1.807) is 0 Å². The summed E-state index contributed by atoms with van der Waals surface area (Å²) in [5.41, 5.74) is -1.91. The molecular weight excluding hydrogens is 343 g/mol. The second-order valence-electron chi connectivity index (χ2n) is 4.30. The van der Waals surface area contributed by atoms with Gasteiger partial charge in [-0.25, -0.2) is 9.59 Å². The van der Waals surface area contributed by atoms with Gasteiger partial charge in [0.15, 0.2) is 0 Å². The molecule has 11 heteroatoms. The molecule has 0 bridgehead atoms. The fourth-order valence-electron chi connectivity index (χ4n) is 2.15. The zero-order chi connectivity index (χ0) is 17.1. The first kappa shape index (κ1) is 22.0. The van der Waals surface area contributed by atoms with Crippen molar-refractivity contribution in [1.29, 1.82) is 0 Å². The van der Waals surface area contributed by atoms with Crippen molar-refractivity contribution >= 4 is 51.6 Å². The molecule has 0 aliphatic carbocycles. The Balaban J connectivity index is 0.00000484. The molecule has 0 aliphatic rings. The van der Waals surface area contributed by atoms with Crippen molar-refractivity contribution in [2.75, 3.05) is 13.2 Å². The summed E-state index contributed by atoms with van der Waals surface area (Å²) in [5.74, 6) is -3.51. The van der Waals surface area contributed by atoms with Crippen molar-refractivity contribution in [2.45, 2.75) is 17.7 Å². The monoisotopic (exact) mass is 358 g/mol. The Morgan fingerprint density at radius 1 is 1.00 bits per heavy atom. The average Bonchev–Trinajstić information content (AvgIpc) is 2.38. The molecule has 0 aliphatic heterocycles. The van der Waals surface area contributed by atoms with Crippen molar-refractivity contribution < 1.29 is 43.0 Å². The van der Waals surface area contributed by atoms with Crippen LogP contribution in [0.4, 0.5) is 0 Å². The number of carbonyl (C=O) groups is 2. The van der Waals surface area contributed by atoms with Gasteiger partial charge in [0.2, 0.25) is 0 Å². The van der Waals surface area contributed by atoms with Gasteiger partial charge in [-0.15, -0.1) is 0 Å². The van der Waals surface area contributed by atoms with E-state index in [4.69, 9.17) is 15.3 Å². The van der Waals surface area contributed by atoms with E-state index in [1.165, 1.54) is 0 Å². The summed E-state index contributed by atoms with van der Waals surface area (Å²) in [4.78, 5) is 21.3. The number of benzene rings is 1. The normalized spacial score (nSPS) is 10.9. The summed E-state index contributed by atoms with van der Waals surface area (Å²) in [7, 11) is -5.13. The molecular formula is C12H15NaO9S. The van der Waals surface area contributed by atoms with Crippen LogP contribution in [0, 0.1) is 0 Å². The first-order valence-corrected chi connectivity index (χ1v) is 7.43. The van der Waals surface area contributed by atoms with Crippen molar-refractivity contribution in [3.8, 4) is 0 Å². The SMILES string of the molecule is O=C(O)c1cc(CCO)c(CCO)c(C(=O)O)c1S(=O)(=O)O.[NaH]. The Hall–Kier alpha value is -1.01. The van der Waals surface area contributed by atoms with E-state index in [9.17, 15) is 27.7 Å². The summed E-state index contributed by atoms with van der Waals surface area (Å²) < 4.78 is 32.0. The van der Waals surface area contributed by atoms with Gasteiger partial charge < -0.3 is 20.4 Å². The number of carboxylic acids is 2. The van der Waals surface area contributed by atoms with E-state index in [1.807, 2.05) is 0 Å². The van der Waals surface area contributed by atoms with Crippen LogP contribution >= 0.6 is 0 Å². The van der Waals surface area contributed by atoms with Crippen LogP contribution in [0.15, 0.2) is 11.0 Å². The molecule has 9 nitrogen and oxygen atoms in total. The number of carboxylic acid groups (broad SMARTS) is 2. The van der Waals surface area contributed by atoms with E-state index in [0.717, 1.165) is 6.07 Å². The number of rotatable bonds is 7. The number of aliphatic hydroxyl groups excluding tert-OH is 2. The van der Waals surface area contributed by atoms with Crippen LogP contribution < -0.4 is 0 Å². The Morgan fingerprint density at radius 2 is 1.52 bits per heavy atom. The molecule has 23 heavy (non-hydrogen) atoms. The Bertz CT molecular complexity index is 712. The molecule has 5 N–H and O–H groups in total. The predicted octanol–water partition coefficient (Wildman–Crippen LogP) is -1.25. The summed E-state index contributed by atoms with van der Waals surface area (Å²) >= 11 is 0. The summed E-state index contributed by atoms with van der Waals surface area (Å²) in [6, 6.07) is 0.874. The predicted molar refractivity (Wildman–Crippen MR) is 78.9 cm³/mol. The number of aliphatic hydroxyl groups is 2. The van der Waals surface area contributed by atoms with Crippen molar-refractivity contribution in [3.05, 3.63) is 28.3 Å². The zero-order valence-electron chi connectivity index (χ0n) is 11.2. The second-order valence-corrected chi connectivity index (χ2v) is 5.66. The molecule has 0 spiro atoms. The van der Waals surface area contributed by atoms with Gasteiger partial charge in [0.1, 0.15) is 4.90 Å². The Labute approximate surface area is 153 Å². The van der Waals surface area contributed by atoms with Gasteiger partial charge in [0, 0.05) is 13.2 Å². The van der Waals surface area contributed by atoms with Gasteiger partial charge in [-0.05, 0) is 30.0 Å². The molecule has 0 aromatic heterocycles. The second kappa shape index (κ2) is 8.73.